The van der Waals surface area contributed by atoms with Crippen LogP contribution in [-0.4, -0.2) is 5.38 Å². The zero-order valence-electron chi connectivity index (χ0n) is 10.5. The summed E-state index contributed by atoms with van der Waals surface area (Å²) in [4.78, 5) is 0. The van der Waals surface area contributed by atoms with Gasteiger partial charge in [-0.25, -0.2) is 0 Å². The van der Waals surface area contributed by atoms with E-state index in [1.54, 1.807) is 0 Å². The van der Waals surface area contributed by atoms with Gasteiger partial charge in [0.2, 0.25) is 0 Å². The molecule has 1 aliphatic carbocycles. The summed E-state index contributed by atoms with van der Waals surface area (Å²) in [6, 6.07) is 8.49. The van der Waals surface area contributed by atoms with Crippen LogP contribution in [0.5, 0.6) is 0 Å². The molecule has 0 amide bonds. The van der Waals surface area contributed by atoms with Crippen LogP contribution >= 0.6 is 27.5 Å². The van der Waals surface area contributed by atoms with Crippen LogP contribution in [0, 0.1) is 11.3 Å². The number of hydrogen-bond acceptors (Lipinski definition) is 0. The minimum Gasteiger partial charge on any atom is -0.122 e. The number of hydrogen-bond donors (Lipinski definition) is 0. The van der Waals surface area contributed by atoms with Gasteiger partial charge in [0.05, 0.1) is 0 Å². The molecule has 0 spiro atoms. The van der Waals surface area contributed by atoms with Gasteiger partial charge in [0.25, 0.3) is 0 Å². The molecule has 2 heteroatoms. The first kappa shape index (κ1) is 13.4. The van der Waals surface area contributed by atoms with Gasteiger partial charge in [0, 0.05) is 9.85 Å². The topological polar surface area (TPSA) is 0 Å². The van der Waals surface area contributed by atoms with E-state index < -0.39 is 0 Å². The van der Waals surface area contributed by atoms with Crippen LogP contribution in [0.4, 0.5) is 0 Å². The van der Waals surface area contributed by atoms with Crippen molar-refractivity contribution in [1.29, 1.82) is 0 Å². The maximum atomic E-state index is 6.64. The average molecular weight is 316 g/mol. The predicted octanol–water partition coefficient (Wildman–Crippen LogP) is 5.43. The summed E-state index contributed by atoms with van der Waals surface area (Å²) in [5.41, 5.74) is 1.75. The Morgan fingerprint density at radius 1 is 1.47 bits per heavy atom. The molecular formula is C15H20BrCl. The Kier molecular flexibility index (Phi) is 4.20. The van der Waals surface area contributed by atoms with Crippen molar-refractivity contribution in [3.63, 3.8) is 0 Å². The molecule has 94 valence electrons. The van der Waals surface area contributed by atoms with Gasteiger partial charge < -0.3 is 0 Å². The third kappa shape index (κ3) is 3.26. The molecule has 0 nitrogen and oxygen atoms in total. The SMILES string of the molecule is CC1(C)CCCC1C(Cl)Cc1cccc(Br)c1. The van der Waals surface area contributed by atoms with Crippen LogP contribution in [-0.2, 0) is 6.42 Å². The molecule has 1 fully saturated rings. The third-order valence-electron chi connectivity index (χ3n) is 4.10. The molecule has 1 aromatic rings. The first-order valence-electron chi connectivity index (χ1n) is 6.37. The van der Waals surface area contributed by atoms with Gasteiger partial charge in [0.1, 0.15) is 0 Å². The van der Waals surface area contributed by atoms with Crippen molar-refractivity contribution in [2.24, 2.45) is 11.3 Å². The summed E-state index contributed by atoms with van der Waals surface area (Å²) in [6.45, 7) is 4.72. The highest BCUT2D eigenvalue weighted by Crippen LogP contribution is 2.46. The molecule has 0 aliphatic heterocycles. The third-order valence-corrected chi connectivity index (χ3v) is 5.05. The largest absolute Gasteiger partial charge is 0.122 e. The van der Waals surface area contributed by atoms with Gasteiger partial charge in [-0.3, -0.25) is 0 Å². The fourth-order valence-electron chi connectivity index (χ4n) is 3.06. The molecule has 0 saturated heterocycles. The molecule has 2 unspecified atom stereocenters. The van der Waals surface area contributed by atoms with Crippen molar-refractivity contribution in [2.75, 3.05) is 0 Å². The summed E-state index contributed by atoms with van der Waals surface area (Å²) >= 11 is 10.2. The monoisotopic (exact) mass is 314 g/mol. The molecule has 0 bridgehead atoms. The molecular weight excluding hydrogens is 296 g/mol. The van der Waals surface area contributed by atoms with Gasteiger partial charge in [-0.15, -0.1) is 11.6 Å². The quantitative estimate of drug-likeness (QED) is 0.653. The van der Waals surface area contributed by atoms with E-state index in [0.717, 1.165) is 10.9 Å². The van der Waals surface area contributed by atoms with Gasteiger partial charge in [-0.2, -0.15) is 0 Å². The average Bonchev–Trinajstić information content (AvgIpc) is 2.58. The molecule has 2 rings (SSSR count). The van der Waals surface area contributed by atoms with E-state index in [1.807, 2.05) is 0 Å². The van der Waals surface area contributed by atoms with Gasteiger partial charge >= 0.3 is 0 Å². The minimum absolute atomic E-state index is 0.266. The summed E-state index contributed by atoms with van der Waals surface area (Å²) in [7, 11) is 0. The summed E-state index contributed by atoms with van der Waals surface area (Å²) in [5.74, 6) is 0.656. The lowest BCUT2D eigenvalue weighted by molar-refractivity contribution is 0.250. The zero-order valence-corrected chi connectivity index (χ0v) is 12.9. The zero-order chi connectivity index (χ0) is 12.5. The Balaban J connectivity index is 2.04. The van der Waals surface area contributed by atoms with Crippen LogP contribution in [0.25, 0.3) is 0 Å². The Hall–Kier alpha value is -0.0100. The van der Waals surface area contributed by atoms with E-state index in [4.69, 9.17) is 11.6 Å². The van der Waals surface area contributed by atoms with Gasteiger partial charge in [-0.1, -0.05) is 48.3 Å². The van der Waals surface area contributed by atoms with Crippen molar-refractivity contribution in [3.05, 3.63) is 34.3 Å². The molecule has 0 heterocycles. The lowest BCUT2D eigenvalue weighted by Gasteiger charge is -2.30. The van der Waals surface area contributed by atoms with Gasteiger partial charge in [-0.05, 0) is 48.3 Å². The molecule has 0 radical (unpaired) electrons. The van der Waals surface area contributed by atoms with E-state index >= 15 is 0 Å². The Labute approximate surface area is 118 Å². The lowest BCUT2D eigenvalue weighted by atomic mass is 9.78. The molecule has 1 aliphatic rings. The molecule has 1 saturated carbocycles. The maximum absolute atomic E-state index is 6.64. The van der Waals surface area contributed by atoms with Crippen molar-refractivity contribution < 1.29 is 0 Å². The van der Waals surface area contributed by atoms with E-state index in [0.29, 0.717) is 11.3 Å². The van der Waals surface area contributed by atoms with Crippen LogP contribution in [0.1, 0.15) is 38.7 Å². The highest BCUT2D eigenvalue weighted by Gasteiger charge is 2.38. The standard InChI is InChI=1S/C15H20BrCl/c1-15(2)8-4-7-13(15)14(17)10-11-5-3-6-12(16)9-11/h3,5-6,9,13-14H,4,7-8,10H2,1-2H3. The molecule has 17 heavy (non-hydrogen) atoms. The normalized spacial score (nSPS) is 24.8. The van der Waals surface area contributed by atoms with Crippen LogP contribution in [0.2, 0.25) is 0 Å². The van der Waals surface area contributed by atoms with E-state index in [2.05, 4.69) is 54.0 Å². The number of benzene rings is 1. The fraction of sp³-hybridized carbons (Fsp3) is 0.600. The molecule has 0 aromatic heterocycles. The van der Waals surface area contributed by atoms with Crippen molar-refractivity contribution in [2.45, 2.75) is 44.9 Å². The Morgan fingerprint density at radius 3 is 2.82 bits per heavy atom. The second kappa shape index (κ2) is 5.32. The summed E-state index contributed by atoms with van der Waals surface area (Å²) in [6.07, 6.45) is 4.92. The minimum atomic E-state index is 0.266. The first-order chi connectivity index (χ1) is 7.99. The van der Waals surface area contributed by atoms with E-state index in [-0.39, 0.29) is 5.38 Å². The highest BCUT2D eigenvalue weighted by atomic mass is 79.9. The van der Waals surface area contributed by atoms with Crippen molar-refractivity contribution >= 4 is 27.5 Å². The molecule has 0 N–H and O–H groups in total. The number of rotatable bonds is 3. The first-order valence-corrected chi connectivity index (χ1v) is 7.60. The fourth-order valence-corrected chi connectivity index (χ4v) is 4.15. The maximum Gasteiger partial charge on any atom is 0.0409 e. The summed E-state index contributed by atoms with van der Waals surface area (Å²) < 4.78 is 1.14. The number of halogens is 2. The van der Waals surface area contributed by atoms with E-state index in [9.17, 15) is 0 Å². The van der Waals surface area contributed by atoms with Crippen LogP contribution in [0.3, 0.4) is 0 Å². The van der Waals surface area contributed by atoms with Gasteiger partial charge in [0.15, 0.2) is 0 Å². The van der Waals surface area contributed by atoms with Crippen LogP contribution in [0.15, 0.2) is 28.7 Å². The highest BCUT2D eigenvalue weighted by molar-refractivity contribution is 9.10. The van der Waals surface area contributed by atoms with Crippen molar-refractivity contribution in [3.8, 4) is 0 Å². The van der Waals surface area contributed by atoms with Crippen LogP contribution < -0.4 is 0 Å². The Bertz CT molecular complexity index is 386. The molecule has 2 atom stereocenters. The van der Waals surface area contributed by atoms with E-state index in [1.165, 1.54) is 24.8 Å². The summed E-state index contributed by atoms with van der Waals surface area (Å²) in [5, 5.41) is 0.266. The second-order valence-electron chi connectivity index (χ2n) is 5.84. The number of alkyl halides is 1. The predicted molar refractivity (Wildman–Crippen MR) is 78.6 cm³/mol. The lowest BCUT2D eigenvalue weighted by Crippen LogP contribution is -2.27. The van der Waals surface area contributed by atoms with Crippen molar-refractivity contribution in [1.82, 2.24) is 0 Å². The smallest absolute Gasteiger partial charge is 0.0409 e. The second-order valence-corrected chi connectivity index (χ2v) is 7.31. The Morgan fingerprint density at radius 2 is 2.24 bits per heavy atom. The molecule has 1 aromatic carbocycles.